The van der Waals surface area contributed by atoms with Crippen molar-refractivity contribution in [3.05, 3.63) is 76.0 Å². The maximum Gasteiger partial charge on any atom is 0.292 e. The number of para-hydroxylation sites is 3. The van der Waals surface area contributed by atoms with Crippen LogP contribution in [-0.2, 0) is 11.2 Å². The minimum absolute atomic E-state index is 0.0560. The van der Waals surface area contributed by atoms with E-state index in [2.05, 4.69) is 5.32 Å². The lowest BCUT2D eigenvalue weighted by atomic mass is 10.2. The number of hydrogen-bond acceptors (Lipinski definition) is 5. The lowest BCUT2D eigenvalue weighted by Crippen LogP contribution is -2.19. The Balaban J connectivity index is 1.84. The number of nitrogens with zero attached hydrogens (tertiary/aromatic N) is 3. The van der Waals surface area contributed by atoms with Crippen LogP contribution in [0.5, 0.6) is 0 Å². The van der Waals surface area contributed by atoms with Crippen LogP contribution in [0.25, 0.3) is 0 Å². The lowest BCUT2D eigenvalue weighted by molar-refractivity contribution is -0.383. The van der Waals surface area contributed by atoms with E-state index in [1.165, 1.54) is 24.4 Å². The first kappa shape index (κ1) is 16.2. The Hall–Kier alpha value is -3.66. The van der Waals surface area contributed by atoms with Crippen molar-refractivity contribution in [2.45, 2.75) is 6.42 Å². The summed E-state index contributed by atoms with van der Waals surface area (Å²) < 4.78 is 0. The van der Waals surface area contributed by atoms with Crippen molar-refractivity contribution >= 4 is 23.0 Å². The van der Waals surface area contributed by atoms with Gasteiger partial charge in [0.05, 0.1) is 4.92 Å². The Morgan fingerprint density at radius 2 is 1.96 bits per heavy atom. The molecule has 0 aliphatic carbocycles. The monoisotopic (exact) mass is 334 g/mol. The van der Waals surface area contributed by atoms with Crippen LogP contribution in [0.1, 0.15) is 5.56 Å². The third kappa shape index (κ3) is 3.33. The van der Waals surface area contributed by atoms with E-state index in [0.717, 1.165) is 17.7 Å². The normalized spacial score (nSPS) is 13.1. The molecule has 1 amide bonds. The van der Waals surface area contributed by atoms with E-state index >= 15 is 0 Å². The predicted octanol–water partition coefficient (Wildman–Crippen LogP) is 3.00. The number of nitro benzene ring substituents is 1. The van der Waals surface area contributed by atoms with Gasteiger partial charge in [0, 0.05) is 24.5 Å². The van der Waals surface area contributed by atoms with Gasteiger partial charge in [-0.2, -0.15) is 5.26 Å². The van der Waals surface area contributed by atoms with E-state index in [1.807, 2.05) is 35.2 Å². The predicted molar refractivity (Wildman–Crippen MR) is 92.9 cm³/mol. The Labute approximate surface area is 143 Å². The third-order valence-electron chi connectivity index (χ3n) is 3.92. The van der Waals surface area contributed by atoms with Crippen LogP contribution in [0.3, 0.4) is 0 Å². The zero-order chi connectivity index (χ0) is 17.8. The number of anilines is 2. The summed E-state index contributed by atoms with van der Waals surface area (Å²) in [6, 6.07) is 15.4. The van der Waals surface area contributed by atoms with Gasteiger partial charge in [0.15, 0.2) is 0 Å². The highest BCUT2D eigenvalue weighted by atomic mass is 16.6. The fourth-order valence-corrected chi connectivity index (χ4v) is 2.72. The summed E-state index contributed by atoms with van der Waals surface area (Å²) in [5, 5.41) is 22.8. The van der Waals surface area contributed by atoms with E-state index in [4.69, 9.17) is 0 Å². The minimum atomic E-state index is -0.679. The van der Waals surface area contributed by atoms with Crippen LogP contribution < -0.4 is 10.2 Å². The van der Waals surface area contributed by atoms with Gasteiger partial charge < -0.3 is 10.2 Å². The molecule has 0 atom stereocenters. The first-order valence-electron chi connectivity index (χ1n) is 7.61. The molecule has 0 unspecified atom stereocenters. The molecule has 1 heterocycles. The van der Waals surface area contributed by atoms with Crippen LogP contribution in [0, 0.1) is 21.4 Å². The molecule has 2 aromatic rings. The number of nitriles is 1. The summed E-state index contributed by atoms with van der Waals surface area (Å²) in [7, 11) is 0. The van der Waals surface area contributed by atoms with Crippen molar-refractivity contribution in [3.8, 4) is 6.07 Å². The molecule has 124 valence electrons. The first-order valence-corrected chi connectivity index (χ1v) is 7.61. The SMILES string of the molecule is N#C/C(=C/N1CCc2ccccc21)C(=O)Nc1ccccc1[N+](=O)[O-]. The van der Waals surface area contributed by atoms with Gasteiger partial charge in [0.1, 0.15) is 17.3 Å². The molecular formula is C18H14N4O3. The second kappa shape index (κ2) is 6.84. The summed E-state index contributed by atoms with van der Waals surface area (Å²) in [6.07, 6.45) is 2.31. The minimum Gasteiger partial charge on any atom is -0.346 e. The number of amides is 1. The molecule has 0 fully saturated rings. The maximum atomic E-state index is 12.4. The van der Waals surface area contributed by atoms with Gasteiger partial charge >= 0.3 is 0 Å². The molecule has 1 N–H and O–H groups in total. The van der Waals surface area contributed by atoms with Crippen molar-refractivity contribution in [2.24, 2.45) is 0 Å². The molecule has 0 spiro atoms. The molecule has 0 aromatic heterocycles. The second-order valence-electron chi connectivity index (χ2n) is 5.46. The van der Waals surface area contributed by atoms with Gasteiger partial charge in [0.25, 0.3) is 11.6 Å². The highest BCUT2D eigenvalue weighted by Crippen LogP contribution is 2.28. The molecule has 0 bridgehead atoms. The molecule has 0 saturated carbocycles. The van der Waals surface area contributed by atoms with Crippen molar-refractivity contribution in [1.29, 1.82) is 5.26 Å². The number of hydrogen-bond donors (Lipinski definition) is 1. The van der Waals surface area contributed by atoms with Crippen molar-refractivity contribution in [3.63, 3.8) is 0 Å². The molecule has 1 aliphatic heterocycles. The highest BCUT2D eigenvalue weighted by molar-refractivity contribution is 6.07. The zero-order valence-corrected chi connectivity index (χ0v) is 13.2. The second-order valence-corrected chi connectivity index (χ2v) is 5.46. The summed E-state index contributed by atoms with van der Waals surface area (Å²) in [4.78, 5) is 24.7. The Morgan fingerprint density at radius 3 is 2.72 bits per heavy atom. The van der Waals surface area contributed by atoms with Gasteiger partial charge in [-0.1, -0.05) is 30.3 Å². The number of nitrogens with one attached hydrogen (secondary N) is 1. The topological polar surface area (TPSA) is 99.3 Å². The smallest absolute Gasteiger partial charge is 0.292 e. The largest absolute Gasteiger partial charge is 0.346 e. The number of benzene rings is 2. The van der Waals surface area contributed by atoms with Gasteiger partial charge in [-0.25, -0.2) is 0 Å². The van der Waals surface area contributed by atoms with E-state index in [1.54, 1.807) is 6.07 Å². The molecule has 7 heteroatoms. The lowest BCUT2D eigenvalue weighted by Gasteiger charge is -2.14. The van der Waals surface area contributed by atoms with Crippen molar-refractivity contribution < 1.29 is 9.72 Å². The number of nitro groups is 1. The molecule has 2 aromatic carbocycles. The Morgan fingerprint density at radius 1 is 1.24 bits per heavy atom. The summed E-state index contributed by atoms with van der Waals surface area (Å²) in [5.74, 6) is -0.679. The van der Waals surface area contributed by atoms with Crippen molar-refractivity contribution in [2.75, 3.05) is 16.8 Å². The Bertz CT molecular complexity index is 915. The standard InChI is InChI=1S/C18H14N4O3/c19-11-14(12-21-10-9-13-5-1-3-7-16(13)21)18(23)20-15-6-2-4-8-17(15)22(24)25/h1-8,12H,9-10H2,(H,20,23)/b14-12-. The van der Waals surface area contributed by atoms with Crippen LogP contribution in [0.15, 0.2) is 60.3 Å². The van der Waals surface area contributed by atoms with Gasteiger partial charge in [-0.15, -0.1) is 0 Å². The molecule has 3 rings (SSSR count). The molecule has 1 aliphatic rings. The van der Waals surface area contributed by atoms with Gasteiger partial charge in [-0.3, -0.25) is 14.9 Å². The first-order chi connectivity index (χ1) is 12.1. The summed E-state index contributed by atoms with van der Waals surface area (Å²) in [5.41, 5.74) is 1.82. The Kier molecular flexibility index (Phi) is 4.44. The van der Waals surface area contributed by atoms with E-state index in [-0.39, 0.29) is 16.9 Å². The molecular weight excluding hydrogens is 320 g/mol. The fraction of sp³-hybridized carbons (Fsp3) is 0.111. The van der Waals surface area contributed by atoms with Crippen LogP contribution in [0.2, 0.25) is 0 Å². The quantitative estimate of drug-likeness (QED) is 0.401. The number of carbonyl (C=O) groups is 1. The van der Waals surface area contributed by atoms with Crippen molar-refractivity contribution in [1.82, 2.24) is 0 Å². The zero-order valence-electron chi connectivity index (χ0n) is 13.2. The average molecular weight is 334 g/mol. The number of carbonyl (C=O) groups excluding carboxylic acids is 1. The van der Waals surface area contributed by atoms with Crippen LogP contribution in [-0.4, -0.2) is 17.4 Å². The van der Waals surface area contributed by atoms with Crippen LogP contribution >= 0.6 is 0 Å². The molecule has 0 radical (unpaired) electrons. The average Bonchev–Trinajstić information content (AvgIpc) is 3.03. The molecule has 25 heavy (non-hydrogen) atoms. The van der Waals surface area contributed by atoms with Crippen LogP contribution in [0.4, 0.5) is 17.1 Å². The number of rotatable bonds is 4. The molecule has 7 nitrogen and oxygen atoms in total. The van der Waals surface area contributed by atoms with Gasteiger partial charge in [0.2, 0.25) is 0 Å². The van der Waals surface area contributed by atoms with E-state index in [0.29, 0.717) is 6.54 Å². The summed E-state index contributed by atoms with van der Waals surface area (Å²) in [6.45, 7) is 0.670. The molecule has 0 saturated heterocycles. The number of fused-ring (bicyclic) bond motifs is 1. The van der Waals surface area contributed by atoms with E-state index in [9.17, 15) is 20.2 Å². The highest BCUT2D eigenvalue weighted by Gasteiger charge is 2.21. The third-order valence-corrected chi connectivity index (χ3v) is 3.92. The van der Waals surface area contributed by atoms with Gasteiger partial charge in [-0.05, 0) is 24.1 Å². The maximum absolute atomic E-state index is 12.4. The summed E-state index contributed by atoms with van der Waals surface area (Å²) >= 11 is 0. The van der Waals surface area contributed by atoms with E-state index < -0.39 is 10.8 Å². The fourth-order valence-electron chi connectivity index (χ4n) is 2.72.